The lowest BCUT2D eigenvalue weighted by Gasteiger charge is -2.24. The van der Waals surface area contributed by atoms with Gasteiger partial charge in [0.2, 0.25) is 0 Å². The molecule has 0 N–H and O–H groups in total. The van der Waals surface area contributed by atoms with Crippen LogP contribution >= 0.6 is 0 Å². The smallest absolute Gasteiger partial charge is 0.0417 e. The first-order valence-electron chi connectivity index (χ1n) is 6.22. The van der Waals surface area contributed by atoms with Gasteiger partial charge < -0.3 is 0 Å². The van der Waals surface area contributed by atoms with Crippen LogP contribution < -0.4 is 0 Å². The van der Waals surface area contributed by atoms with Gasteiger partial charge in [0.25, 0.3) is 0 Å². The van der Waals surface area contributed by atoms with E-state index in [4.69, 9.17) is 0 Å². The molecule has 2 atom stereocenters. The average molecular weight is 202 g/mol. The molecule has 0 saturated heterocycles. The highest BCUT2D eigenvalue weighted by Crippen LogP contribution is 2.28. The monoisotopic (exact) mass is 202 g/mol. The minimum absolute atomic E-state index is 0. The molecule has 90 valence electrons. The second-order valence-corrected chi connectivity index (χ2v) is 3.95. The first-order valence-corrected chi connectivity index (χ1v) is 6.22. The van der Waals surface area contributed by atoms with E-state index in [2.05, 4.69) is 27.7 Å². The van der Waals surface area contributed by atoms with Crippen molar-refractivity contribution in [2.24, 2.45) is 11.8 Å². The molecule has 0 aromatic carbocycles. The zero-order valence-electron chi connectivity index (χ0n) is 10.7. The van der Waals surface area contributed by atoms with Gasteiger partial charge in [0.1, 0.15) is 0 Å². The van der Waals surface area contributed by atoms with Gasteiger partial charge in [-0.2, -0.15) is 0 Å². The van der Waals surface area contributed by atoms with Crippen LogP contribution in [-0.2, 0) is 0 Å². The molecule has 1 aliphatic rings. The van der Waals surface area contributed by atoms with Crippen LogP contribution in [0.25, 0.3) is 0 Å². The van der Waals surface area contributed by atoms with E-state index in [9.17, 15) is 0 Å². The van der Waals surface area contributed by atoms with E-state index in [1.807, 2.05) is 13.8 Å². The van der Waals surface area contributed by atoms with Crippen molar-refractivity contribution in [3.63, 3.8) is 0 Å². The summed E-state index contributed by atoms with van der Waals surface area (Å²) in [4.78, 5) is 0. The molecule has 1 rings (SSSR count). The molecular weight excluding hydrogens is 168 g/mol. The Hall–Kier alpha value is 0. The van der Waals surface area contributed by atoms with E-state index in [1.54, 1.807) is 0 Å². The van der Waals surface area contributed by atoms with Gasteiger partial charge in [-0.05, 0) is 11.8 Å². The van der Waals surface area contributed by atoms with Gasteiger partial charge >= 0.3 is 0 Å². The summed E-state index contributed by atoms with van der Waals surface area (Å²) in [5, 5.41) is 0. The maximum absolute atomic E-state index is 2.38. The van der Waals surface area contributed by atoms with Crippen LogP contribution in [-0.4, -0.2) is 0 Å². The van der Waals surface area contributed by atoms with Crippen LogP contribution in [0.4, 0.5) is 0 Å². The summed E-state index contributed by atoms with van der Waals surface area (Å²) >= 11 is 0. The summed E-state index contributed by atoms with van der Waals surface area (Å²) < 4.78 is 0. The molecule has 0 aromatic rings. The van der Waals surface area contributed by atoms with Crippen molar-refractivity contribution in [3.8, 4) is 0 Å². The summed E-state index contributed by atoms with van der Waals surface area (Å²) in [6.45, 7) is 13.0. The van der Waals surface area contributed by atoms with E-state index in [1.165, 1.54) is 32.1 Å². The van der Waals surface area contributed by atoms with Gasteiger partial charge in [-0.25, -0.2) is 0 Å². The van der Waals surface area contributed by atoms with Gasteiger partial charge in [-0.15, -0.1) is 0 Å². The zero-order valence-corrected chi connectivity index (χ0v) is 10.7. The third kappa shape index (κ3) is 12.0. The number of hydrogen-bond acceptors (Lipinski definition) is 0. The summed E-state index contributed by atoms with van der Waals surface area (Å²) in [6.07, 6.45) is 7.15. The Morgan fingerprint density at radius 2 is 1.07 bits per heavy atom. The third-order valence-corrected chi connectivity index (χ3v) is 2.54. The molecule has 0 aliphatic heterocycles. The summed E-state index contributed by atoms with van der Waals surface area (Å²) in [6, 6.07) is 0. The van der Waals surface area contributed by atoms with Crippen LogP contribution in [0.2, 0.25) is 0 Å². The number of hydrogen-bond donors (Lipinski definition) is 0. The fourth-order valence-electron chi connectivity index (χ4n) is 1.50. The molecular formula is C14H34. The Morgan fingerprint density at radius 1 is 0.857 bits per heavy atom. The first-order chi connectivity index (χ1) is 6.22. The fourth-order valence-corrected chi connectivity index (χ4v) is 1.50. The molecule has 0 heteroatoms. The molecule has 1 saturated carbocycles. The third-order valence-electron chi connectivity index (χ3n) is 2.54. The molecule has 0 nitrogen and oxygen atoms in total. The zero-order chi connectivity index (χ0) is 10.7. The summed E-state index contributed by atoms with van der Waals surface area (Å²) in [7, 11) is 0. The SMILES string of the molecule is C.CC.CC1CCCCC1C.CCC. The van der Waals surface area contributed by atoms with E-state index >= 15 is 0 Å². The highest BCUT2D eigenvalue weighted by molar-refractivity contribution is 4.67. The summed E-state index contributed by atoms with van der Waals surface area (Å²) in [5.74, 6) is 2.01. The Bertz CT molecular complexity index is 66.1. The van der Waals surface area contributed by atoms with Crippen LogP contribution in [0.15, 0.2) is 0 Å². The van der Waals surface area contributed by atoms with E-state index in [-0.39, 0.29) is 7.43 Å². The normalized spacial score (nSPS) is 24.4. The molecule has 14 heavy (non-hydrogen) atoms. The van der Waals surface area contributed by atoms with E-state index in [0.717, 1.165) is 11.8 Å². The van der Waals surface area contributed by atoms with Crippen molar-refractivity contribution in [2.75, 3.05) is 0 Å². The van der Waals surface area contributed by atoms with Crippen molar-refractivity contribution >= 4 is 0 Å². The second kappa shape index (κ2) is 15.5. The molecule has 0 amide bonds. The van der Waals surface area contributed by atoms with Crippen molar-refractivity contribution in [3.05, 3.63) is 0 Å². The van der Waals surface area contributed by atoms with Gasteiger partial charge in [0, 0.05) is 0 Å². The minimum atomic E-state index is 0. The first kappa shape index (κ1) is 19.6. The number of rotatable bonds is 0. The predicted molar refractivity (Wildman–Crippen MR) is 70.8 cm³/mol. The van der Waals surface area contributed by atoms with Crippen LogP contribution in [0.5, 0.6) is 0 Å². The van der Waals surface area contributed by atoms with E-state index in [0.29, 0.717) is 0 Å². The second-order valence-electron chi connectivity index (χ2n) is 3.95. The molecule has 0 aromatic heterocycles. The van der Waals surface area contributed by atoms with Crippen LogP contribution in [0, 0.1) is 11.8 Å². The maximum Gasteiger partial charge on any atom is -0.0417 e. The average Bonchev–Trinajstić information content (AvgIpc) is 2.15. The lowest BCUT2D eigenvalue weighted by Crippen LogP contribution is -2.12. The quantitative estimate of drug-likeness (QED) is 0.458. The van der Waals surface area contributed by atoms with E-state index < -0.39 is 0 Å². The largest absolute Gasteiger partial charge is 0.0776 e. The van der Waals surface area contributed by atoms with Gasteiger partial charge in [-0.3, -0.25) is 0 Å². The Labute approximate surface area is 93.5 Å². The molecule has 2 unspecified atom stereocenters. The van der Waals surface area contributed by atoms with Crippen molar-refractivity contribution < 1.29 is 0 Å². The lowest BCUT2D eigenvalue weighted by molar-refractivity contribution is 0.277. The predicted octanol–water partition coefficient (Wildman–Crippen LogP) is 5.91. The maximum atomic E-state index is 2.38. The lowest BCUT2D eigenvalue weighted by atomic mass is 9.82. The van der Waals surface area contributed by atoms with Gasteiger partial charge in [0.15, 0.2) is 0 Å². The Morgan fingerprint density at radius 3 is 1.21 bits per heavy atom. The van der Waals surface area contributed by atoms with Crippen molar-refractivity contribution in [2.45, 2.75) is 81.1 Å². The topological polar surface area (TPSA) is 0 Å². The molecule has 0 spiro atoms. The fraction of sp³-hybridized carbons (Fsp3) is 1.00. The Kier molecular flexibility index (Phi) is 21.6. The highest BCUT2D eigenvalue weighted by atomic mass is 14.2. The standard InChI is InChI=1S/C8H16.C3H8.C2H6.CH4/c1-7-5-3-4-6-8(7)2;1-3-2;1-2;/h7-8H,3-6H2,1-2H3;3H2,1-2H3;1-2H3;1H4. The molecule has 0 radical (unpaired) electrons. The molecule has 1 aliphatic carbocycles. The molecule has 0 heterocycles. The van der Waals surface area contributed by atoms with Crippen LogP contribution in [0.3, 0.4) is 0 Å². The van der Waals surface area contributed by atoms with Crippen molar-refractivity contribution in [1.82, 2.24) is 0 Å². The van der Waals surface area contributed by atoms with Gasteiger partial charge in [-0.1, -0.05) is 81.1 Å². The molecule has 1 fully saturated rings. The highest BCUT2D eigenvalue weighted by Gasteiger charge is 2.15. The van der Waals surface area contributed by atoms with Gasteiger partial charge in [0.05, 0.1) is 0 Å². The Balaban J connectivity index is -0.000000176. The summed E-state index contributed by atoms with van der Waals surface area (Å²) in [5.41, 5.74) is 0. The minimum Gasteiger partial charge on any atom is -0.0776 e. The molecule has 0 bridgehead atoms. The van der Waals surface area contributed by atoms with Crippen LogP contribution in [0.1, 0.15) is 81.1 Å². The van der Waals surface area contributed by atoms with Crippen molar-refractivity contribution in [1.29, 1.82) is 0 Å².